The van der Waals surface area contributed by atoms with Gasteiger partial charge in [-0.25, -0.2) is 10.0 Å². The Morgan fingerprint density at radius 1 is 0.920 bits per heavy atom. The van der Waals surface area contributed by atoms with E-state index in [1.54, 1.807) is 0 Å². The fourth-order valence-electron chi connectivity index (χ4n) is 3.50. The molecule has 0 aromatic heterocycles. The molecule has 2 aromatic carbocycles. The quantitative estimate of drug-likeness (QED) is 0.892. The predicted molar refractivity (Wildman–Crippen MR) is 93.8 cm³/mol. The molecule has 2 aromatic rings. The molecular formula is C19H20N4O2. The van der Waals surface area contributed by atoms with Crippen LogP contribution < -0.4 is 5.32 Å². The van der Waals surface area contributed by atoms with Crippen LogP contribution >= 0.6 is 0 Å². The minimum Gasteiger partial charge on any atom is -0.379 e. The van der Waals surface area contributed by atoms with Crippen LogP contribution in [0.5, 0.6) is 0 Å². The number of morpholine rings is 1. The van der Waals surface area contributed by atoms with Crippen LogP contribution in [0.1, 0.15) is 11.1 Å². The Labute approximate surface area is 146 Å². The van der Waals surface area contributed by atoms with Crippen LogP contribution in [0.2, 0.25) is 0 Å². The molecular weight excluding hydrogens is 316 g/mol. The molecule has 6 nitrogen and oxygen atoms in total. The van der Waals surface area contributed by atoms with Gasteiger partial charge in [0.25, 0.3) is 5.91 Å². The molecule has 2 aliphatic heterocycles. The van der Waals surface area contributed by atoms with E-state index in [-0.39, 0.29) is 11.9 Å². The van der Waals surface area contributed by atoms with E-state index in [0.29, 0.717) is 26.3 Å². The van der Waals surface area contributed by atoms with Crippen LogP contribution in [-0.4, -0.2) is 48.2 Å². The topological polar surface area (TPSA) is 68.7 Å². The molecule has 4 rings (SSSR count). The Hall–Kier alpha value is -2.70. The minimum absolute atomic E-state index is 0.0969. The average Bonchev–Trinajstić information content (AvgIpc) is 2.95. The Morgan fingerprint density at radius 3 is 1.96 bits per heavy atom. The van der Waals surface area contributed by atoms with Gasteiger partial charge in [0, 0.05) is 13.1 Å². The number of guanidine groups is 1. The molecule has 2 aliphatic rings. The first-order valence-corrected chi connectivity index (χ1v) is 8.38. The summed E-state index contributed by atoms with van der Waals surface area (Å²) in [4.78, 5) is 13.6. The van der Waals surface area contributed by atoms with Crippen molar-refractivity contribution in [2.45, 2.75) is 5.54 Å². The van der Waals surface area contributed by atoms with E-state index < -0.39 is 5.54 Å². The summed E-state index contributed by atoms with van der Waals surface area (Å²) in [7, 11) is 0. The molecule has 0 spiro atoms. The lowest BCUT2D eigenvalue weighted by atomic mass is 9.83. The highest BCUT2D eigenvalue weighted by Crippen LogP contribution is 2.36. The SMILES string of the molecule is N=C1NC(c2ccccc2)(c2ccccc2)C(=O)N1N1CCOCC1. The maximum Gasteiger partial charge on any atom is 0.279 e. The fraction of sp³-hybridized carbons (Fsp3) is 0.263. The van der Waals surface area contributed by atoms with Gasteiger partial charge in [-0.1, -0.05) is 60.7 Å². The number of hydrazine groups is 1. The second-order valence-corrected chi connectivity index (χ2v) is 6.14. The maximum absolute atomic E-state index is 13.6. The lowest BCUT2D eigenvalue weighted by molar-refractivity contribution is -0.145. The van der Waals surface area contributed by atoms with Crippen molar-refractivity contribution >= 4 is 11.9 Å². The van der Waals surface area contributed by atoms with Crippen molar-refractivity contribution in [3.63, 3.8) is 0 Å². The standard InChI is InChI=1S/C19H20N4O2/c20-18-21-19(15-7-3-1-4-8-15,16-9-5-2-6-10-16)17(24)23(18)22-11-13-25-14-12-22/h1-10H,11-14H2,(H2,20,21). The van der Waals surface area contributed by atoms with Gasteiger partial charge in [0.2, 0.25) is 5.96 Å². The van der Waals surface area contributed by atoms with E-state index in [0.717, 1.165) is 11.1 Å². The molecule has 0 unspecified atom stereocenters. The van der Waals surface area contributed by atoms with Crippen LogP contribution in [0.3, 0.4) is 0 Å². The number of carbonyl (C=O) groups excluding carboxylic acids is 1. The normalized spacial score (nSPS) is 20.6. The molecule has 0 aliphatic carbocycles. The van der Waals surface area contributed by atoms with Gasteiger partial charge in [-0.2, -0.15) is 0 Å². The first-order valence-electron chi connectivity index (χ1n) is 8.38. The van der Waals surface area contributed by atoms with Crippen LogP contribution in [0.15, 0.2) is 60.7 Å². The molecule has 2 fully saturated rings. The smallest absolute Gasteiger partial charge is 0.279 e. The Kier molecular flexibility index (Phi) is 3.99. The number of benzene rings is 2. The Bertz CT molecular complexity index is 733. The van der Waals surface area contributed by atoms with Gasteiger partial charge < -0.3 is 10.1 Å². The molecule has 0 radical (unpaired) electrons. The van der Waals surface area contributed by atoms with Gasteiger partial charge in [-0.3, -0.25) is 10.2 Å². The van der Waals surface area contributed by atoms with Crippen molar-refractivity contribution < 1.29 is 9.53 Å². The lowest BCUT2D eigenvalue weighted by Gasteiger charge is -2.34. The van der Waals surface area contributed by atoms with Crippen molar-refractivity contribution in [1.82, 2.24) is 15.3 Å². The highest BCUT2D eigenvalue weighted by atomic mass is 16.5. The summed E-state index contributed by atoms with van der Waals surface area (Å²) >= 11 is 0. The van der Waals surface area contributed by atoms with Crippen LogP contribution in [0, 0.1) is 5.41 Å². The molecule has 2 saturated heterocycles. The van der Waals surface area contributed by atoms with Gasteiger partial charge in [0.05, 0.1) is 13.2 Å². The molecule has 1 amide bonds. The predicted octanol–water partition coefficient (Wildman–Crippen LogP) is 1.54. The second-order valence-electron chi connectivity index (χ2n) is 6.14. The van der Waals surface area contributed by atoms with Gasteiger partial charge in [0.1, 0.15) is 0 Å². The summed E-state index contributed by atoms with van der Waals surface area (Å²) in [5, 5.41) is 15.0. The third kappa shape index (κ3) is 2.50. The van der Waals surface area contributed by atoms with E-state index in [1.165, 1.54) is 5.01 Å². The van der Waals surface area contributed by atoms with Gasteiger partial charge in [-0.15, -0.1) is 0 Å². The average molecular weight is 336 g/mol. The van der Waals surface area contributed by atoms with Gasteiger partial charge in [0.15, 0.2) is 5.54 Å². The molecule has 0 bridgehead atoms. The molecule has 25 heavy (non-hydrogen) atoms. The summed E-state index contributed by atoms with van der Waals surface area (Å²) in [5.74, 6) is -0.0589. The zero-order valence-corrected chi connectivity index (χ0v) is 13.8. The monoisotopic (exact) mass is 336 g/mol. The van der Waals surface area contributed by atoms with Crippen molar-refractivity contribution in [2.24, 2.45) is 0 Å². The van der Waals surface area contributed by atoms with E-state index >= 15 is 0 Å². The Morgan fingerprint density at radius 2 is 1.44 bits per heavy atom. The maximum atomic E-state index is 13.6. The number of hydrogen-bond acceptors (Lipinski definition) is 4. The molecule has 2 N–H and O–H groups in total. The summed E-state index contributed by atoms with van der Waals surface area (Å²) in [6.45, 7) is 2.30. The molecule has 128 valence electrons. The summed E-state index contributed by atoms with van der Waals surface area (Å²) in [6.07, 6.45) is 0. The van der Waals surface area contributed by atoms with Crippen LogP contribution in [0.25, 0.3) is 0 Å². The number of carbonyl (C=O) groups is 1. The largest absolute Gasteiger partial charge is 0.379 e. The van der Waals surface area contributed by atoms with Crippen LogP contribution in [-0.2, 0) is 15.1 Å². The van der Waals surface area contributed by atoms with Gasteiger partial charge in [-0.05, 0) is 11.1 Å². The number of amides is 1. The third-order valence-electron chi connectivity index (χ3n) is 4.71. The highest BCUT2D eigenvalue weighted by molar-refractivity contribution is 6.09. The molecule has 2 heterocycles. The zero-order chi connectivity index (χ0) is 17.3. The first kappa shape index (κ1) is 15.8. The molecule has 0 atom stereocenters. The number of nitrogens with one attached hydrogen (secondary N) is 2. The fourth-order valence-corrected chi connectivity index (χ4v) is 3.50. The number of nitrogens with zero attached hydrogens (tertiary/aromatic N) is 2. The molecule has 6 heteroatoms. The minimum atomic E-state index is -1.09. The summed E-state index contributed by atoms with van der Waals surface area (Å²) in [5.41, 5.74) is 0.566. The second kappa shape index (κ2) is 6.31. The van der Waals surface area contributed by atoms with Crippen molar-refractivity contribution in [3.05, 3.63) is 71.8 Å². The molecule has 0 saturated carbocycles. The van der Waals surface area contributed by atoms with E-state index in [4.69, 9.17) is 10.1 Å². The van der Waals surface area contributed by atoms with Crippen molar-refractivity contribution in [1.29, 1.82) is 5.41 Å². The number of hydrogen-bond donors (Lipinski definition) is 2. The van der Waals surface area contributed by atoms with Crippen molar-refractivity contribution in [3.8, 4) is 0 Å². The summed E-state index contributed by atoms with van der Waals surface area (Å²) in [6, 6.07) is 19.2. The number of rotatable bonds is 3. The van der Waals surface area contributed by atoms with E-state index in [1.807, 2.05) is 65.7 Å². The summed E-state index contributed by atoms with van der Waals surface area (Å²) < 4.78 is 5.38. The van der Waals surface area contributed by atoms with Gasteiger partial charge >= 0.3 is 0 Å². The highest BCUT2D eigenvalue weighted by Gasteiger charge is 2.54. The Balaban J connectivity index is 1.82. The van der Waals surface area contributed by atoms with Crippen molar-refractivity contribution in [2.75, 3.05) is 26.3 Å². The van der Waals surface area contributed by atoms with E-state index in [2.05, 4.69) is 5.32 Å². The lowest BCUT2D eigenvalue weighted by Crippen LogP contribution is -2.53. The zero-order valence-electron chi connectivity index (χ0n) is 13.8. The third-order valence-corrected chi connectivity index (χ3v) is 4.71. The number of ether oxygens (including phenoxy) is 1. The van der Waals surface area contributed by atoms with Crippen LogP contribution in [0.4, 0.5) is 0 Å². The van der Waals surface area contributed by atoms with E-state index in [9.17, 15) is 4.79 Å². The first-order chi connectivity index (χ1) is 12.2.